The Hall–Kier alpha value is -1.02. The van der Waals surface area contributed by atoms with Crippen LogP contribution in [-0.2, 0) is 18.4 Å². The lowest BCUT2D eigenvalue weighted by Gasteiger charge is -2.29. The summed E-state index contributed by atoms with van der Waals surface area (Å²) in [6.07, 6.45) is 53.9. The molecule has 0 aromatic heterocycles. The summed E-state index contributed by atoms with van der Waals surface area (Å²) >= 11 is 0. The SMILES string of the molecule is CCCCCCCCCCCC/C=C/CC/C=C/C(O)C(COP(=O)([O-])OCC[N+](C)(C)C)NC(=O)CCCCCCCCCCCCCCCCCCCCCCCCC. The number of hydrogen-bond donors (Lipinski definition) is 2. The summed E-state index contributed by atoms with van der Waals surface area (Å²) in [5.74, 6) is -0.203. The van der Waals surface area contributed by atoms with Gasteiger partial charge in [-0.15, -0.1) is 0 Å². The van der Waals surface area contributed by atoms with Gasteiger partial charge in [-0.3, -0.25) is 9.36 Å². The third kappa shape index (κ3) is 46.8. The smallest absolute Gasteiger partial charge is 0.268 e. The van der Waals surface area contributed by atoms with E-state index < -0.39 is 20.0 Å². The van der Waals surface area contributed by atoms with Crippen LogP contribution in [0.4, 0.5) is 0 Å². The number of amides is 1. The van der Waals surface area contributed by atoms with Gasteiger partial charge in [0.1, 0.15) is 13.2 Å². The van der Waals surface area contributed by atoms with Crippen LogP contribution in [0.1, 0.15) is 251 Å². The Kier molecular flexibility index (Phi) is 43.5. The van der Waals surface area contributed by atoms with Gasteiger partial charge in [-0.2, -0.15) is 0 Å². The van der Waals surface area contributed by atoms with Crippen molar-refractivity contribution in [3.63, 3.8) is 0 Å². The van der Waals surface area contributed by atoms with Crippen LogP contribution < -0.4 is 10.2 Å². The van der Waals surface area contributed by atoms with Crippen LogP contribution in [-0.4, -0.2) is 68.5 Å². The second kappa shape index (κ2) is 44.2. The van der Waals surface area contributed by atoms with Crippen molar-refractivity contribution in [2.75, 3.05) is 40.9 Å². The first kappa shape index (κ1) is 60.0. The van der Waals surface area contributed by atoms with Crippen molar-refractivity contribution in [2.45, 2.75) is 264 Å². The highest BCUT2D eigenvalue weighted by molar-refractivity contribution is 7.45. The second-order valence-electron chi connectivity index (χ2n) is 19.2. The van der Waals surface area contributed by atoms with Crippen molar-refractivity contribution >= 4 is 13.7 Å². The predicted molar refractivity (Wildman–Crippen MR) is 261 cm³/mol. The van der Waals surface area contributed by atoms with Gasteiger partial charge in [-0.25, -0.2) is 0 Å². The molecule has 0 rings (SSSR count). The first-order valence-corrected chi connectivity index (χ1v) is 27.7. The summed E-state index contributed by atoms with van der Waals surface area (Å²) in [5, 5.41) is 13.8. The number of nitrogens with one attached hydrogen (secondary N) is 1. The van der Waals surface area contributed by atoms with Gasteiger partial charge in [0.2, 0.25) is 5.91 Å². The Morgan fingerprint density at radius 2 is 0.918 bits per heavy atom. The topological polar surface area (TPSA) is 108 Å². The maximum Gasteiger partial charge on any atom is 0.268 e. The summed E-state index contributed by atoms with van der Waals surface area (Å²) in [6.45, 7) is 4.65. The number of aliphatic hydroxyl groups is 1. The van der Waals surface area contributed by atoms with Crippen LogP contribution in [0.3, 0.4) is 0 Å². The molecule has 0 saturated heterocycles. The van der Waals surface area contributed by atoms with E-state index in [1.807, 2.05) is 27.2 Å². The van der Waals surface area contributed by atoms with Gasteiger partial charge in [0, 0.05) is 6.42 Å². The molecule has 9 heteroatoms. The minimum atomic E-state index is -4.60. The molecule has 0 saturated carbocycles. The van der Waals surface area contributed by atoms with Gasteiger partial charge in [-0.1, -0.05) is 237 Å². The van der Waals surface area contributed by atoms with E-state index in [0.717, 1.165) is 38.5 Å². The lowest BCUT2D eigenvalue weighted by atomic mass is 10.0. The van der Waals surface area contributed by atoms with Crippen LogP contribution in [0.15, 0.2) is 24.3 Å². The van der Waals surface area contributed by atoms with E-state index in [9.17, 15) is 19.4 Å². The average Bonchev–Trinajstić information content (AvgIpc) is 3.21. The Labute approximate surface area is 379 Å². The van der Waals surface area contributed by atoms with Crippen LogP contribution in [0.2, 0.25) is 0 Å². The molecule has 8 nitrogen and oxygen atoms in total. The molecule has 1 amide bonds. The van der Waals surface area contributed by atoms with Crippen molar-refractivity contribution in [2.24, 2.45) is 0 Å². The Balaban J connectivity index is 4.26. The quantitative estimate of drug-likeness (QED) is 0.0273. The highest BCUT2D eigenvalue weighted by Gasteiger charge is 2.23. The number of phosphoric ester groups is 1. The number of aliphatic hydroxyl groups excluding tert-OH is 1. The Morgan fingerprint density at radius 1 is 0.557 bits per heavy atom. The normalized spacial score (nSPS) is 14.3. The van der Waals surface area contributed by atoms with Crippen molar-refractivity contribution in [1.29, 1.82) is 0 Å². The zero-order chi connectivity index (χ0) is 45.0. The number of phosphoric acid groups is 1. The fourth-order valence-corrected chi connectivity index (χ4v) is 8.48. The fraction of sp³-hybridized carbons (Fsp3) is 0.904. The summed E-state index contributed by atoms with van der Waals surface area (Å²) in [4.78, 5) is 25.4. The standard InChI is InChI=1S/C52H103N2O6P/c1-6-8-10-12-14-16-18-20-22-24-25-26-27-28-29-30-32-34-36-38-40-42-44-46-52(56)53-50(49-60-61(57,58)59-48-47-54(3,4)5)51(55)45-43-41-39-37-35-33-31-23-21-19-17-15-13-11-9-7-2/h35,37,43,45,50-51,55H,6-34,36,38-42,44,46-49H2,1-5H3,(H-,53,56,57,58)/b37-35+,45-43+. The maximum absolute atomic E-state index is 12.9. The number of nitrogens with zero attached hydrogens (tertiary/aromatic N) is 1. The summed E-state index contributed by atoms with van der Waals surface area (Å²) in [5.41, 5.74) is 0. The molecule has 0 spiro atoms. The molecule has 0 aromatic rings. The average molecular weight is 883 g/mol. The zero-order valence-corrected chi connectivity index (χ0v) is 42.0. The molecule has 61 heavy (non-hydrogen) atoms. The molecule has 0 radical (unpaired) electrons. The van der Waals surface area contributed by atoms with E-state index in [2.05, 4.69) is 31.3 Å². The van der Waals surface area contributed by atoms with E-state index in [0.29, 0.717) is 17.4 Å². The first-order chi connectivity index (χ1) is 29.5. The van der Waals surface area contributed by atoms with Gasteiger partial charge in [0.25, 0.3) is 7.82 Å². The highest BCUT2D eigenvalue weighted by Crippen LogP contribution is 2.38. The minimum absolute atomic E-state index is 0.00396. The number of carbonyl (C=O) groups is 1. The number of hydrogen-bond acceptors (Lipinski definition) is 6. The first-order valence-electron chi connectivity index (χ1n) is 26.2. The monoisotopic (exact) mass is 883 g/mol. The third-order valence-corrected chi connectivity index (χ3v) is 12.9. The summed E-state index contributed by atoms with van der Waals surface area (Å²) in [6, 6.07) is -0.899. The lowest BCUT2D eigenvalue weighted by Crippen LogP contribution is -2.45. The van der Waals surface area contributed by atoms with E-state index >= 15 is 0 Å². The number of carbonyl (C=O) groups excluding carboxylic acids is 1. The highest BCUT2D eigenvalue weighted by atomic mass is 31.2. The molecule has 0 aliphatic carbocycles. The molecule has 0 fully saturated rings. The number of quaternary nitrogens is 1. The third-order valence-electron chi connectivity index (χ3n) is 11.9. The molecule has 0 bridgehead atoms. The van der Waals surface area contributed by atoms with Crippen LogP contribution >= 0.6 is 7.82 Å². The minimum Gasteiger partial charge on any atom is -0.756 e. The number of unbranched alkanes of at least 4 members (excludes halogenated alkanes) is 33. The molecule has 362 valence electrons. The van der Waals surface area contributed by atoms with E-state index in [-0.39, 0.29) is 19.1 Å². The van der Waals surface area contributed by atoms with Gasteiger partial charge in [-0.05, 0) is 32.1 Å². The number of rotatable bonds is 48. The second-order valence-corrected chi connectivity index (χ2v) is 20.6. The van der Waals surface area contributed by atoms with E-state index in [4.69, 9.17) is 9.05 Å². The molecule has 0 aliphatic rings. The van der Waals surface area contributed by atoms with Crippen LogP contribution in [0, 0.1) is 0 Å². The zero-order valence-electron chi connectivity index (χ0n) is 41.1. The molecule has 3 atom stereocenters. The van der Waals surface area contributed by atoms with Gasteiger partial charge in [0.15, 0.2) is 0 Å². The summed E-state index contributed by atoms with van der Waals surface area (Å²) in [7, 11) is 1.25. The predicted octanol–water partition coefficient (Wildman–Crippen LogP) is 14.6. The number of likely N-dealkylation sites (N-methyl/N-ethyl adjacent to an activating group) is 1. The van der Waals surface area contributed by atoms with E-state index in [1.165, 1.54) is 193 Å². The molecule has 0 heterocycles. The van der Waals surface area contributed by atoms with E-state index in [1.54, 1.807) is 6.08 Å². The van der Waals surface area contributed by atoms with Crippen molar-refractivity contribution < 1.29 is 32.9 Å². The van der Waals surface area contributed by atoms with Crippen molar-refractivity contribution in [1.82, 2.24) is 5.32 Å². The molecular formula is C52H103N2O6P. The van der Waals surface area contributed by atoms with Crippen LogP contribution in [0.25, 0.3) is 0 Å². The Bertz CT molecular complexity index is 1050. The molecule has 2 N–H and O–H groups in total. The van der Waals surface area contributed by atoms with Crippen molar-refractivity contribution in [3.8, 4) is 0 Å². The van der Waals surface area contributed by atoms with Gasteiger partial charge >= 0.3 is 0 Å². The largest absolute Gasteiger partial charge is 0.756 e. The van der Waals surface area contributed by atoms with Gasteiger partial charge < -0.3 is 28.8 Å². The molecular weight excluding hydrogens is 780 g/mol. The molecule has 0 aromatic carbocycles. The fourth-order valence-electron chi connectivity index (χ4n) is 7.76. The van der Waals surface area contributed by atoms with Crippen LogP contribution in [0.5, 0.6) is 0 Å². The lowest BCUT2D eigenvalue weighted by molar-refractivity contribution is -0.870. The Morgan fingerprint density at radius 3 is 1.33 bits per heavy atom. The molecule has 3 unspecified atom stereocenters. The molecule has 0 aliphatic heterocycles. The maximum atomic E-state index is 12.9. The number of allylic oxidation sites excluding steroid dienone is 3. The van der Waals surface area contributed by atoms with Crippen molar-refractivity contribution in [3.05, 3.63) is 24.3 Å². The van der Waals surface area contributed by atoms with Gasteiger partial charge in [0.05, 0.1) is 39.9 Å². The summed E-state index contributed by atoms with van der Waals surface area (Å²) < 4.78 is 23.3.